The van der Waals surface area contributed by atoms with Gasteiger partial charge in [0.2, 0.25) is 0 Å². The molecular weight excluding hydrogens is 238 g/mol. The van der Waals surface area contributed by atoms with E-state index in [1.54, 1.807) is 0 Å². The second-order valence-corrected chi connectivity index (χ2v) is 4.38. The van der Waals surface area contributed by atoms with E-state index in [4.69, 9.17) is 5.11 Å². The highest BCUT2D eigenvalue weighted by molar-refractivity contribution is 5.66. The van der Waals surface area contributed by atoms with Gasteiger partial charge >= 0.3 is 5.97 Å². The lowest BCUT2D eigenvalue weighted by Crippen LogP contribution is -2.01. The van der Waals surface area contributed by atoms with Gasteiger partial charge in [0.1, 0.15) is 0 Å². The fourth-order valence-corrected chi connectivity index (χ4v) is 1.75. The Labute approximate surface area is 107 Å². The highest BCUT2D eigenvalue weighted by atomic mass is 16.9. The molecule has 0 aromatic heterocycles. The van der Waals surface area contributed by atoms with Gasteiger partial charge in [0.25, 0.3) is 5.09 Å². The van der Waals surface area contributed by atoms with E-state index in [0.717, 1.165) is 57.8 Å². The van der Waals surface area contributed by atoms with E-state index in [1.807, 2.05) is 0 Å². The summed E-state index contributed by atoms with van der Waals surface area (Å²) in [6.45, 7) is 0.197. The molecule has 0 aliphatic carbocycles. The van der Waals surface area contributed by atoms with Crippen molar-refractivity contribution in [1.29, 1.82) is 0 Å². The Bertz CT molecular complexity index is 209. The maximum absolute atomic E-state index is 10.2. The summed E-state index contributed by atoms with van der Waals surface area (Å²) in [5.41, 5.74) is 0. The summed E-state index contributed by atoms with van der Waals surface area (Å²) in [6.07, 6.45) is 9.35. The Morgan fingerprint density at radius 1 is 0.944 bits per heavy atom. The highest BCUT2D eigenvalue weighted by Crippen LogP contribution is 2.10. The molecule has 0 aliphatic rings. The van der Waals surface area contributed by atoms with Gasteiger partial charge in [0.15, 0.2) is 0 Å². The second-order valence-electron chi connectivity index (χ2n) is 4.38. The van der Waals surface area contributed by atoms with E-state index >= 15 is 0 Å². The topological polar surface area (TPSA) is 89.7 Å². The molecule has 0 spiro atoms. The number of carboxylic acids is 1. The molecule has 0 radical (unpaired) electrons. The van der Waals surface area contributed by atoms with Crippen LogP contribution in [-0.2, 0) is 9.63 Å². The number of hydrogen-bond acceptors (Lipinski definition) is 4. The summed E-state index contributed by atoms with van der Waals surface area (Å²) in [5, 5.41) is 17.5. The first-order valence-electron chi connectivity index (χ1n) is 6.62. The average molecular weight is 261 g/mol. The minimum absolute atomic E-state index is 0.197. The molecule has 0 unspecified atom stereocenters. The second kappa shape index (κ2) is 12.1. The first kappa shape index (κ1) is 16.7. The lowest BCUT2D eigenvalue weighted by Gasteiger charge is -2.02. The first-order valence-corrected chi connectivity index (χ1v) is 6.62. The molecule has 6 heteroatoms. The molecule has 0 bridgehead atoms. The van der Waals surface area contributed by atoms with Crippen LogP contribution >= 0.6 is 0 Å². The number of carbonyl (C=O) groups is 1. The predicted octanol–water partition coefficient (Wildman–Crippen LogP) is 3.18. The van der Waals surface area contributed by atoms with Gasteiger partial charge in [-0.2, -0.15) is 0 Å². The maximum Gasteiger partial charge on any atom is 0.303 e. The van der Waals surface area contributed by atoms with Gasteiger partial charge in [-0.1, -0.05) is 44.9 Å². The van der Waals surface area contributed by atoms with E-state index in [2.05, 4.69) is 4.84 Å². The molecule has 0 heterocycles. The van der Waals surface area contributed by atoms with Crippen molar-refractivity contribution in [2.24, 2.45) is 0 Å². The van der Waals surface area contributed by atoms with E-state index in [1.165, 1.54) is 0 Å². The molecule has 0 saturated carbocycles. The van der Waals surface area contributed by atoms with Crippen molar-refractivity contribution < 1.29 is 19.8 Å². The van der Waals surface area contributed by atoms with Gasteiger partial charge in [-0.05, 0) is 12.8 Å². The third-order valence-corrected chi connectivity index (χ3v) is 2.73. The standard InChI is InChI=1S/C12H23NO5/c14-12(15)10-8-6-4-2-1-3-5-7-9-11-18-13(16)17/h1-11H2,(H,14,15). The molecule has 0 rings (SSSR count). The van der Waals surface area contributed by atoms with Gasteiger partial charge in [-0.25, -0.2) is 0 Å². The van der Waals surface area contributed by atoms with Crippen LogP contribution in [0, 0.1) is 10.1 Å². The van der Waals surface area contributed by atoms with Crippen LogP contribution in [-0.4, -0.2) is 22.8 Å². The molecule has 1 N–H and O–H groups in total. The Hall–Kier alpha value is -1.33. The molecule has 0 atom stereocenters. The summed E-state index contributed by atoms with van der Waals surface area (Å²) < 4.78 is 0. The number of hydrogen-bond donors (Lipinski definition) is 1. The minimum atomic E-state index is -0.753. The lowest BCUT2D eigenvalue weighted by atomic mass is 10.1. The largest absolute Gasteiger partial charge is 0.481 e. The molecule has 0 saturated heterocycles. The summed E-state index contributed by atoms with van der Waals surface area (Å²) in [4.78, 5) is 24.3. The Kier molecular flexibility index (Phi) is 11.2. The Balaban J connectivity index is 2.99. The quantitative estimate of drug-likeness (QED) is 0.312. The third-order valence-electron chi connectivity index (χ3n) is 2.73. The fourth-order valence-electron chi connectivity index (χ4n) is 1.75. The molecule has 0 aliphatic heterocycles. The van der Waals surface area contributed by atoms with Gasteiger partial charge < -0.3 is 9.94 Å². The summed E-state index contributed by atoms with van der Waals surface area (Å²) in [7, 11) is 0. The van der Waals surface area contributed by atoms with E-state index in [0.29, 0.717) is 0 Å². The van der Waals surface area contributed by atoms with Crippen molar-refractivity contribution in [1.82, 2.24) is 0 Å². The number of unbranched alkanes of at least 4 members (excludes halogenated alkanes) is 8. The summed E-state index contributed by atoms with van der Waals surface area (Å²) >= 11 is 0. The normalized spacial score (nSPS) is 10.2. The highest BCUT2D eigenvalue weighted by Gasteiger charge is 1.97. The van der Waals surface area contributed by atoms with Gasteiger partial charge in [0.05, 0.1) is 6.61 Å². The SMILES string of the molecule is O=C(O)CCCCCCCCCCCO[N+](=O)[O-]. The monoisotopic (exact) mass is 261 g/mol. The average Bonchev–Trinajstić information content (AvgIpc) is 2.29. The molecule has 106 valence electrons. The third kappa shape index (κ3) is 14.7. The molecule has 0 aromatic rings. The van der Waals surface area contributed by atoms with Crippen LogP contribution in [0.15, 0.2) is 0 Å². The zero-order chi connectivity index (χ0) is 13.6. The van der Waals surface area contributed by atoms with Crippen molar-refractivity contribution >= 4 is 5.97 Å². The van der Waals surface area contributed by atoms with E-state index < -0.39 is 11.1 Å². The molecular formula is C12H23NO5. The molecule has 0 amide bonds. The zero-order valence-electron chi connectivity index (χ0n) is 10.8. The van der Waals surface area contributed by atoms with Crippen LogP contribution in [0.3, 0.4) is 0 Å². The van der Waals surface area contributed by atoms with Crippen molar-refractivity contribution in [2.45, 2.75) is 64.2 Å². The van der Waals surface area contributed by atoms with Crippen LogP contribution in [0.4, 0.5) is 0 Å². The zero-order valence-corrected chi connectivity index (χ0v) is 10.8. The summed E-state index contributed by atoms with van der Waals surface area (Å²) in [6, 6.07) is 0. The molecule has 6 nitrogen and oxygen atoms in total. The maximum atomic E-state index is 10.2. The van der Waals surface area contributed by atoms with Crippen LogP contribution in [0.1, 0.15) is 64.2 Å². The number of rotatable bonds is 13. The van der Waals surface area contributed by atoms with Crippen LogP contribution in [0.5, 0.6) is 0 Å². The van der Waals surface area contributed by atoms with Gasteiger partial charge in [0, 0.05) is 6.42 Å². The predicted molar refractivity (Wildman–Crippen MR) is 66.8 cm³/mol. The minimum Gasteiger partial charge on any atom is -0.481 e. The first-order chi connectivity index (χ1) is 8.63. The Morgan fingerprint density at radius 2 is 1.39 bits per heavy atom. The van der Waals surface area contributed by atoms with Crippen LogP contribution in [0.25, 0.3) is 0 Å². The lowest BCUT2D eigenvalue weighted by molar-refractivity contribution is -0.757. The van der Waals surface area contributed by atoms with Crippen LogP contribution < -0.4 is 0 Å². The number of aliphatic carboxylic acids is 1. The van der Waals surface area contributed by atoms with Crippen molar-refractivity contribution in [3.8, 4) is 0 Å². The molecule has 0 aromatic carbocycles. The Morgan fingerprint density at radius 3 is 1.83 bits per heavy atom. The molecule has 18 heavy (non-hydrogen) atoms. The number of carboxylic acid groups (broad SMARTS) is 1. The number of nitrogens with zero attached hydrogens (tertiary/aromatic N) is 1. The van der Waals surface area contributed by atoms with E-state index in [-0.39, 0.29) is 13.0 Å². The summed E-state index contributed by atoms with van der Waals surface area (Å²) in [5.74, 6) is -0.716. The molecule has 0 fully saturated rings. The van der Waals surface area contributed by atoms with Crippen molar-refractivity contribution in [3.05, 3.63) is 10.1 Å². The van der Waals surface area contributed by atoms with Crippen molar-refractivity contribution in [2.75, 3.05) is 6.61 Å². The van der Waals surface area contributed by atoms with Crippen LogP contribution in [0.2, 0.25) is 0 Å². The van der Waals surface area contributed by atoms with E-state index in [9.17, 15) is 14.9 Å². The van der Waals surface area contributed by atoms with Gasteiger partial charge in [-0.15, -0.1) is 10.1 Å². The van der Waals surface area contributed by atoms with Gasteiger partial charge in [-0.3, -0.25) is 4.79 Å². The fraction of sp³-hybridized carbons (Fsp3) is 0.917. The smallest absolute Gasteiger partial charge is 0.303 e. The van der Waals surface area contributed by atoms with Crippen molar-refractivity contribution in [3.63, 3.8) is 0 Å².